The maximum atomic E-state index is 9.27. The van der Waals surface area contributed by atoms with Crippen molar-refractivity contribution in [1.29, 1.82) is 0 Å². The molecular weight excluding hydrogens is 196 g/mol. The molecule has 0 bridgehead atoms. The number of hydrogen-bond donors (Lipinski definition) is 1. The Morgan fingerprint density at radius 3 is 1.94 bits per heavy atom. The summed E-state index contributed by atoms with van der Waals surface area (Å²) in [6.45, 7) is 6.37. The van der Waals surface area contributed by atoms with Gasteiger partial charge in [-0.3, -0.25) is 0 Å². The largest absolute Gasteiger partial charge is 0.508 e. The summed E-state index contributed by atoms with van der Waals surface area (Å²) in [4.78, 5) is 0. The monoisotopic (exact) mass is 212 g/mol. The summed E-state index contributed by atoms with van der Waals surface area (Å²) in [5.41, 5.74) is 6.28. The lowest BCUT2D eigenvalue weighted by atomic mass is 9.95. The minimum atomic E-state index is 0.310. The van der Waals surface area contributed by atoms with Crippen LogP contribution in [0.15, 0.2) is 36.4 Å². The van der Waals surface area contributed by atoms with Gasteiger partial charge in [-0.05, 0) is 60.7 Å². The van der Waals surface area contributed by atoms with Crippen LogP contribution in [0.3, 0.4) is 0 Å². The Hall–Kier alpha value is -1.76. The van der Waals surface area contributed by atoms with Gasteiger partial charge in [0.05, 0.1) is 0 Å². The smallest absolute Gasteiger partial charge is 0.115 e. The average Bonchev–Trinajstić information content (AvgIpc) is 2.25. The van der Waals surface area contributed by atoms with Gasteiger partial charge in [0.1, 0.15) is 5.75 Å². The van der Waals surface area contributed by atoms with E-state index in [1.54, 1.807) is 12.1 Å². The van der Waals surface area contributed by atoms with Gasteiger partial charge in [-0.25, -0.2) is 0 Å². The van der Waals surface area contributed by atoms with E-state index in [4.69, 9.17) is 0 Å². The van der Waals surface area contributed by atoms with Gasteiger partial charge in [-0.2, -0.15) is 0 Å². The van der Waals surface area contributed by atoms with Crippen molar-refractivity contribution in [3.05, 3.63) is 53.1 Å². The summed E-state index contributed by atoms with van der Waals surface area (Å²) < 4.78 is 0. The first-order chi connectivity index (χ1) is 7.58. The highest BCUT2D eigenvalue weighted by molar-refractivity contribution is 5.69. The number of rotatable bonds is 1. The van der Waals surface area contributed by atoms with Crippen LogP contribution < -0.4 is 0 Å². The minimum absolute atomic E-state index is 0.310. The lowest BCUT2D eigenvalue weighted by Gasteiger charge is -2.10. The molecule has 0 saturated carbocycles. The fourth-order valence-corrected chi connectivity index (χ4v) is 1.91. The summed E-state index contributed by atoms with van der Waals surface area (Å²) in [7, 11) is 0. The highest BCUT2D eigenvalue weighted by atomic mass is 16.3. The van der Waals surface area contributed by atoms with E-state index < -0.39 is 0 Å². The van der Waals surface area contributed by atoms with Gasteiger partial charge in [0.25, 0.3) is 0 Å². The van der Waals surface area contributed by atoms with Gasteiger partial charge < -0.3 is 5.11 Å². The third-order valence-corrected chi connectivity index (χ3v) is 3.02. The van der Waals surface area contributed by atoms with Crippen molar-refractivity contribution in [2.75, 3.05) is 0 Å². The zero-order valence-electron chi connectivity index (χ0n) is 9.91. The maximum Gasteiger partial charge on any atom is 0.115 e. The highest BCUT2D eigenvalue weighted by Crippen LogP contribution is 2.27. The van der Waals surface area contributed by atoms with Crippen LogP contribution in [0.4, 0.5) is 0 Å². The standard InChI is InChI=1S/C15H16O/c1-10-8-12(3)15(9-11(10)2)13-4-6-14(16)7-5-13/h4-9,16H,1-3H3. The zero-order chi connectivity index (χ0) is 11.7. The van der Waals surface area contributed by atoms with Crippen molar-refractivity contribution in [3.63, 3.8) is 0 Å². The summed E-state index contributed by atoms with van der Waals surface area (Å²) in [6.07, 6.45) is 0. The molecule has 2 aromatic rings. The SMILES string of the molecule is Cc1cc(C)c(-c2ccc(O)cc2)cc1C. The molecule has 0 spiro atoms. The number of phenols is 1. The van der Waals surface area contributed by atoms with E-state index in [2.05, 4.69) is 32.9 Å². The fraction of sp³-hybridized carbons (Fsp3) is 0.200. The van der Waals surface area contributed by atoms with E-state index >= 15 is 0 Å². The van der Waals surface area contributed by atoms with E-state index in [9.17, 15) is 5.11 Å². The van der Waals surface area contributed by atoms with E-state index in [1.807, 2.05) is 12.1 Å². The Balaban J connectivity index is 2.56. The van der Waals surface area contributed by atoms with Crippen LogP contribution in [-0.2, 0) is 0 Å². The highest BCUT2D eigenvalue weighted by Gasteiger charge is 2.04. The lowest BCUT2D eigenvalue weighted by Crippen LogP contribution is -1.88. The summed E-state index contributed by atoms with van der Waals surface area (Å²) >= 11 is 0. The topological polar surface area (TPSA) is 20.2 Å². The predicted molar refractivity (Wildman–Crippen MR) is 67.8 cm³/mol. The average molecular weight is 212 g/mol. The van der Waals surface area contributed by atoms with Gasteiger partial charge >= 0.3 is 0 Å². The molecule has 0 saturated heterocycles. The van der Waals surface area contributed by atoms with Gasteiger partial charge in [0.15, 0.2) is 0 Å². The fourth-order valence-electron chi connectivity index (χ4n) is 1.91. The molecule has 0 unspecified atom stereocenters. The number of hydrogen-bond acceptors (Lipinski definition) is 1. The third kappa shape index (κ3) is 1.94. The molecule has 2 rings (SSSR count). The van der Waals surface area contributed by atoms with Crippen LogP contribution in [0.25, 0.3) is 11.1 Å². The Morgan fingerprint density at radius 1 is 0.750 bits per heavy atom. The molecule has 1 N–H and O–H groups in total. The van der Waals surface area contributed by atoms with Crippen molar-refractivity contribution in [1.82, 2.24) is 0 Å². The van der Waals surface area contributed by atoms with E-state index in [1.165, 1.54) is 22.3 Å². The van der Waals surface area contributed by atoms with E-state index in [-0.39, 0.29) is 0 Å². The number of aryl methyl sites for hydroxylation is 3. The number of aromatic hydroxyl groups is 1. The zero-order valence-corrected chi connectivity index (χ0v) is 9.91. The Kier molecular flexibility index (Phi) is 2.69. The van der Waals surface area contributed by atoms with Crippen LogP contribution in [0.5, 0.6) is 5.75 Å². The van der Waals surface area contributed by atoms with E-state index in [0.29, 0.717) is 5.75 Å². The normalized spacial score (nSPS) is 10.4. The predicted octanol–water partition coefficient (Wildman–Crippen LogP) is 3.98. The molecule has 16 heavy (non-hydrogen) atoms. The summed E-state index contributed by atoms with van der Waals surface area (Å²) in [5.74, 6) is 0.310. The van der Waals surface area contributed by atoms with E-state index in [0.717, 1.165) is 5.56 Å². The van der Waals surface area contributed by atoms with Crippen LogP contribution in [0.1, 0.15) is 16.7 Å². The van der Waals surface area contributed by atoms with Crippen LogP contribution in [0.2, 0.25) is 0 Å². The van der Waals surface area contributed by atoms with Crippen molar-refractivity contribution < 1.29 is 5.11 Å². The molecule has 0 fully saturated rings. The second-order valence-corrected chi connectivity index (χ2v) is 4.30. The van der Waals surface area contributed by atoms with Crippen molar-refractivity contribution >= 4 is 0 Å². The third-order valence-electron chi connectivity index (χ3n) is 3.02. The van der Waals surface area contributed by atoms with Crippen molar-refractivity contribution in [3.8, 4) is 16.9 Å². The molecule has 2 aromatic carbocycles. The number of benzene rings is 2. The van der Waals surface area contributed by atoms with Gasteiger partial charge in [-0.15, -0.1) is 0 Å². The first-order valence-corrected chi connectivity index (χ1v) is 5.45. The maximum absolute atomic E-state index is 9.27. The Labute approximate surface area is 96.4 Å². The molecule has 1 nitrogen and oxygen atoms in total. The number of phenolic OH excluding ortho intramolecular Hbond substituents is 1. The van der Waals surface area contributed by atoms with Crippen molar-refractivity contribution in [2.24, 2.45) is 0 Å². The molecule has 0 atom stereocenters. The summed E-state index contributed by atoms with van der Waals surface area (Å²) in [6, 6.07) is 11.8. The first kappa shape index (κ1) is 10.7. The minimum Gasteiger partial charge on any atom is -0.508 e. The van der Waals surface area contributed by atoms with Crippen LogP contribution in [-0.4, -0.2) is 5.11 Å². The molecule has 82 valence electrons. The molecule has 0 amide bonds. The molecular formula is C15H16O. The van der Waals surface area contributed by atoms with Gasteiger partial charge in [0.2, 0.25) is 0 Å². The summed E-state index contributed by atoms with van der Waals surface area (Å²) in [5, 5.41) is 9.27. The molecule has 0 aliphatic carbocycles. The van der Waals surface area contributed by atoms with Crippen LogP contribution in [0, 0.1) is 20.8 Å². The second-order valence-electron chi connectivity index (χ2n) is 4.30. The Bertz CT molecular complexity index is 510. The quantitative estimate of drug-likeness (QED) is 0.758. The molecule has 0 aromatic heterocycles. The van der Waals surface area contributed by atoms with Crippen LogP contribution >= 0.6 is 0 Å². The Morgan fingerprint density at radius 2 is 1.31 bits per heavy atom. The molecule has 0 aliphatic heterocycles. The lowest BCUT2D eigenvalue weighted by molar-refractivity contribution is 0.475. The second kappa shape index (κ2) is 4.01. The molecule has 0 aliphatic rings. The van der Waals surface area contributed by atoms with Gasteiger partial charge in [0, 0.05) is 0 Å². The van der Waals surface area contributed by atoms with Gasteiger partial charge in [-0.1, -0.05) is 24.3 Å². The van der Waals surface area contributed by atoms with Crippen molar-refractivity contribution in [2.45, 2.75) is 20.8 Å². The molecule has 0 radical (unpaired) electrons. The first-order valence-electron chi connectivity index (χ1n) is 5.45. The molecule has 1 heteroatoms. The molecule has 0 heterocycles.